The first-order valence-corrected chi connectivity index (χ1v) is 6.62. The molecule has 0 saturated heterocycles. The summed E-state index contributed by atoms with van der Waals surface area (Å²) in [6.45, 7) is 8.93. The lowest BCUT2D eigenvalue weighted by molar-refractivity contribution is -0.124. The monoisotopic (exact) mass is 264 g/mol. The van der Waals surface area contributed by atoms with Gasteiger partial charge in [0.1, 0.15) is 12.4 Å². The molecule has 0 fully saturated rings. The van der Waals surface area contributed by atoms with E-state index >= 15 is 0 Å². The zero-order chi connectivity index (χ0) is 14.3. The fourth-order valence-electron chi connectivity index (χ4n) is 1.53. The van der Waals surface area contributed by atoms with Crippen LogP contribution in [-0.4, -0.2) is 30.6 Å². The number of rotatable bonds is 6. The van der Waals surface area contributed by atoms with Gasteiger partial charge in [0.05, 0.1) is 6.04 Å². The Labute approximate surface area is 115 Å². The van der Waals surface area contributed by atoms with E-state index < -0.39 is 0 Å². The lowest BCUT2D eigenvalue weighted by atomic mass is 10.1. The normalized spacial score (nSPS) is 12.8. The summed E-state index contributed by atoms with van der Waals surface area (Å²) in [4.78, 5) is 11.8. The zero-order valence-corrected chi connectivity index (χ0v) is 12.2. The van der Waals surface area contributed by atoms with Crippen LogP contribution in [0, 0.1) is 0 Å². The Morgan fingerprint density at radius 2 is 1.89 bits per heavy atom. The smallest absolute Gasteiger partial charge is 0.237 e. The van der Waals surface area contributed by atoms with Gasteiger partial charge in [-0.3, -0.25) is 4.79 Å². The molecule has 0 heterocycles. The van der Waals surface area contributed by atoms with Crippen LogP contribution in [0.15, 0.2) is 30.3 Å². The number of hydrogen-bond donors (Lipinski definition) is 2. The molecule has 19 heavy (non-hydrogen) atoms. The molecule has 0 saturated carbocycles. The molecule has 1 unspecified atom stereocenters. The van der Waals surface area contributed by atoms with Gasteiger partial charge in [-0.25, -0.2) is 0 Å². The lowest BCUT2D eigenvalue weighted by Crippen LogP contribution is -2.50. The van der Waals surface area contributed by atoms with E-state index in [-0.39, 0.29) is 17.5 Å². The predicted octanol–water partition coefficient (Wildman–Crippen LogP) is 1.96. The summed E-state index contributed by atoms with van der Waals surface area (Å²) in [7, 11) is 0. The highest BCUT2D eigenvalue weighted by Crippen LogP contribution is 2.07. The zero-order valence-electron chi connectivity index (χ0n) is 12.2. The maximum Gasteiger partial charge on any atom is 0.237 e. The van der Waals surface area contributed by atoms with Crippen molar-refractivity contribution in [2.75, 3.05) is 13.2 Å². The highest BCUT2D eigenvalue weighted by molar-refractivity contribution is 5.81. The van der Waals surface area contributed by atoms with E-state index in [0.29, 0.717) is 13.2 Å². The Kier molecular flexibility index (Phi) is 5.83. The number of carbonyl (C=O) groups excluding carboxylic acids is 1. The quantitative estimate of drug-likeness (QED) is 0.772. The molecule has 0 bridgehead atoms. The molecule has 4 heteroatoms. The third-order valence-corrected chi connectivity index (χ3v) is 2.46. The van der Waals surface area contributed by atoms with E-state index in [1.54, 1.807) is 0 Å². The molecule has 1 amide bonds. The second-order valence-corrected chi connectivity index (χ2v) is 5.58. The maximum atomic E-state index is 11.8. The van der Waals surface area contributed by atoms with E-state index in [1.807, 2.05) is 58.0 Å². The Balaban J connectivity index is 2.20. The number of hydrogen-bond acceptors (Lipinski definition) is 3. The Morgan fingerprint density at radius 1 is 1.26 bits per heavy atom. The number of carbonyl (C=O) groups is 1. The first-order chi connectivity index (χ1) is 8.88. The number of nitrogens with one attached hydrogen (secondary N) is 2. The molecule has 0 spiro atoms. The van der Waals surface area contributed by atoms with Crippen LogP contribution < -0.4 is 15.4 Å². The van der Waals surface area contributed by atoms with Crippen LogP contribution in [0.3, 0.4) is 0 Å². The van der Waals surface area contributed by atoms with E-state index in [0.717, 1.165) is 5.75 Å². The second kappa shape index (κ2) is 7.14. The molecule has 0 aromatic heterocycles. The van der Waals surface area contributed by atoms with E-state index in [1.165, 1.54) is 0 Å². The van der Waals surface area contributed by atoms with Crippen molar-refractivity contribution in [2.45, 2.75) is 39.3 Å². The summed E-state index contributed by atoms with van der Waals surface area (Å²) in [6, 6.07) is 9.42. The summed E-state index contributed by atoms with van der Waals surface area (Å²) in [5, 5.41) is 6.07. The average Bonchev–Trinajstić information content (AvgIpc) is 2.33. The highest BCUT2D eigenvalue weighted by Gasteiger charge is 2.18. The number of para-hydroxylation sites is 1. The van der Waals surface area contributed by atoms with Crippen molar-refractivity contribution in [1.82, 2.24) is 10.6 Å². The fraction of sp³-hybridized carbons (Fsp3) is 0.533. The Bertz CT molecular complexity index is 385. The van der Waals surface area contributed by atoms with Crippen LogP contribution in [-0.2, 0) is 4.79 Å². The van der Waals surface area contributed by atoms with Crippen molar-refractivity contribution in [3.8, 4) is 5.75 Å². The van der Waals surface area contributed by atoms with Crippen LogP contribution in [0.25, 0.3) is 0 Å². The average molecular weight is 264 g/mol. The topological polar surface area (TPSA) is 50.4 Å². The third-order valence-electron chi connectivity index (χ3n) is 2.46. The van der Waals surface area contributed by atoms with Crippen LogP contribution in [0.4, 0.5) is 0 Å². The van der Waals surface area contributed by atoms with Gasteiger partial charge in [0.2, 0.25) is 5.91 Å². The van der Waals surface area contributed by atoms with Crippen molar-refractivity contribution in [3.05, 3.63) is 30.3 Å². The molecular formula is C15H24N2O2. The largest absolute Gasteiger partial charge is 0.492 e. The van der Waals surface area contributed by atoms with Crippen LogP contribution >= 0.6 is 0 Å². The molecule has 1 rings (SSSR count). The van der Waals surface area contributed by atoms with Crippen LogP contribution in [0.2, 0.25) is 0 Å². The van der Waals surface area contributed by atoms with Gasteiger partial charge in [0, 0.05) is 12.1 Å². The summed E-state index contributed by atoms with van der Waals surface area (Å²) >= 11 is 0. The third kappa shape index (κ3) is 6.82. The van der Waals surface area contributed by atoms with Gasteiger partial charge in [-0.05, 0) is 39.8 Å². The van der Waals surface area contributed by atoms with Gasteiger partial charge < -0.3 is 15.4 Å². The minimum atomic E-state index is -0.224. The minimum Gasteiger partial charge on any atom is -0.492 e. The molecule has 1 aromatic rings. The minimum absolute atomic E-state index is 0.00668. The van der Waals surface area contributed by atoms with Crippen LogP contribution in [0.5, 0.6) is 5.75 Å². The van der Waals surface area contributed by atoms with E-state index in [2.05, 4.69) is 10.6 Å². The van der Waals surface area contributed by atoms with Gasteiger partial charge in [0.15, 0.2) is 0 Å². The van der Waals surface area contributed by atoms with Crippen molar-refractivity contribution in [3.63, 3.8) is 0 Å². The second-order valence-electron chi connectivity index (χ2n) is 5.58. The van der Waals surface area contributed by atoms with E-state index in [9.17, 15) is 4.79 Å². The molecule has 1 atom stereocenters. The van der Waals surface area contributed by atoms with Gasteiger partial charge in [-0.1, -0.05) is 18.2 Å². The van der Waals surface area contributed by atoms with Gasteiger partial charge >= 0.3 is 0 Å². The number of benzene rings is 1. The van der Waals surface area contributed by atoms with Gasteiger partial charge in [0.25, 0.3) is 0 Å². The van der Waals surface area contributed by atoms with E-state index in [4.69, 9.17) is 4.74 Å². The highest BCUT2D eigenvalue weighted by atomic mass is 16.5. The van der Waals surface area contributed by atoms with Gasteiger partial charge in [-0.2, -0.15) is 0 Å². The van der Waals surface area contributed by atoms with Crippen molar-refractivity contribution in [1.29, 1.82) is 0 Å². The molecule has 2 N–H and O–H groups in total. The molecule has 4 nitrogen and oxygen atoms in total. The standard InChI is InChI=1S/C15H24N2O2/c1-12(14(18)17-15(2,3)4)16-10-11-19-13-8-6-5-7-9-13/h5-9,12,16H,10-11H2,1-4H3,(H,17,18). The molecule has 0 aliphatic rings. The summed E-state index contributed by atoms with van der Waals surface area (Å²) in [6.07, 6.45) is 0. The maximum absolute atomic E-state index is 11.8. The Morgan fingerprint density at radius 3 is 2.47 bits per heavy atom. The van der Waals surface area contributed by atoms with Crippen molar-refractivity contribution in [2.24, 2.45) is 0 Å². The van der Waals surface area contributed by atoms with Crippen LogP contribution in [0.1, 0.15) is 27.7 Å². The molecular weight excluding hydrogens is 240 g/mol. The number of amides is 1. The molecule has 0 aliphatic carbocycles. The molecule has 1 aromatic carbocycles. The SMILES string of the molecule is CC(NCCOc1ccccc1)C(=O)NC(C)(C)C. The summed E-state index contributed by atoms with van der Waals surface area (Å²) in [5.41, 5.74) is -0.201. The molecule has 0 radical (unpaired) electrons. The van der Waals surface area contributed by atoms with Crippen molar-refractivity contribution >= 4 is 5.91 Å². The summed E-state index contributed by atoms with van der Waals surface area (Å²) in [5.74, 6) is 0.850. The van der Waals surface area contributed by atoms with Gasteiger partial charge in [-0.15, -0.1) is 0 Å². The summed E-state index contributed by atoms with van der Waals surface area (Å²) < 4.78 is 5.54. The fourth-order valence-corrected chi connectivity index (χ4v) is 1.53. The number of ether oxygens (including phenoxy) is 1. The predicted molar refractivity (Wildman–Crippen MR) is 77.3 cm³/mol. The lowest BCUT2D eigenvalue weighted by Gasteiger charge is -2.23. The first-order valence-electron chi connectivity index (χ1n) is 6.62. The van der Waals surface area contributed by atoms with Crippen molar-refractivity contribution < 1.29 is 9.53 Å². The first kappa shape index (κ1) is 15.5. The molecule has 106 valence electrons. The molecule has 0 aliphatic heterocycles. The Hall–Kier alpha value is -1.55.